The smallest absolute Gasteiger partial charge is 0.231 e. The van der Waals surface area contributed by atoms with Crippen molar-refractivity contribution >= 4 is 12.4 Å². The number of likely N-dealkylation sites (tertiary alicyclic amines) is 1. The summed E-state index contributed by atoms with van der Waals surface area (Å²) in [5, 5.41) is 11.0. The van der Waals surface area contributed by atoms with Gasteiger partial charge in [0.25, 0.3) is 0 Å². The Bertz CT molecular complexity index is 807. The Balaban J connectivity index is 0.00000225. The van der Waals surface area contributed by atoms with E-state index in [4.69, 9.17) is 14.2 Å². The number of halogens is 2. The minimum Gasteiger partial charge on any atom is -0.493 e. The second-order valence-corrected chi connectivity index (χ2v) is 7.06. The van der Waals surface area contributed by atoms with Gasteiger partial charge in [-0.2, -0.15) is 0 Å². The highest BCUT2D eigenvalue weighted by molar-refractivity contribution is 5.85. The molecule has 0 aliphatic carbocycles. The van der Waals surface area contributed by atoms with Crippen molar-refractivity contribution in [2.75, 3.05) is 26.5 Å². The molecule has 0 aromatic heterocycles. The van der Waals surface area contributed by atoms with Crippen LogP contribution in [-0.4, -0.2) is 36.5 Å². The molecule has 0 amide bonds. The maximum absolute atomic E-state index is 13.2. The number of hydrogen-bond acceptors (Lipinski definition) is 5. The van der Waals surface area contributed by atoms with E-state index in [0.29, 0.717) is 31.7 Å². The zero-order valence-electron chi connectivity index (χ0n) is 15.8. The fourth-order valence-corrected chi connectivity index (χ4v) is 3.75. The van der Waals surface area contributed by atoms with Crippen LogP contribution in [0, 0.1) is 5.82 Å². The number of rotatable bonds is 5. The van der Waals surface area contributed by atoms with Crippen LogP contribution in [0.2, 0.25) is 0 Å². The molecule has 7 heteroatoms. The van der Waals surface area contributed by atoms with Crippen LogP contribution < -0.4 is 14.2 Å². The fraction of sp³-hybridized carbons (Fsp3) is 0.429. The highest BCUT2D eigenvalue weighted by Crippen LogP contribution is 2.39. The molecule has 1 saturated heterocycles. The lowest BCUT2D eigenvalue weighted by Crippen LogP contribution is -2.42. The molecule has 1 N–H and O–H groups in total. The van der Waals surface area contributed by atoms with Gasteiger partial charge in [-0.3, -0.25) is 4.90 Å². The summed E-state index contributed by atoms with van der Waals surface area (Å²) in [6, 6.07) is 10.0. The van der Waals surface area contributed by atoms with Crippen molar-refractivity contribution in [3.63, 3.8) is 0 Å². The van der Waals surface area contributed by atoms with Crippen molar-refractivity contribution in [1.82, 2.24) is 4.90 Å². The van der Waals surface area contributed by atoms with Crippen molar-refractivity contribution in [3.8, 4) is 17.2 Å². The third-order valence-electron chi connectivity index (χ3n) is 5.31. The van der Waals surface area contributed by atoms with Crippen molar-refractivity contribution in [2.45, 2.75) is 31.9 Å². The van der Waals surface area contributed by atoms with Crippen LogP contribution in [0.15, 0.2) is 36.4 Å². The van der Waals surface area contributed by atoms with Crippen LogP contribution in [0.3, 0.4) is 0 Å². The summed E-state index contributed by atoms with van der Waals surface area (Å²) < 4.78 is 29.9. The minimum atomic E-state index is -0.901. The number of nitrogens with zero attached hydrogens (tertiary/aromatic N) is 1. The van der Waals surface area contributed by atoms with E-state index in [1.54, 1.807) is 12.1 Å². The molecule has 2 heterocycles. The van der Waals surface area contributed by atoms with Gasteiger partial charge in [0.15, 0.2) is 11.5 Å². The zero-order valence-corrected chi connectivity index (χ0v) is 16.6. The summed E-state index contributed by atoms with van der Waals surface area (Å²) in [6.45, 7) is 4.97. The van der Waals surface area contributed by atoms with Gasteiger partial charge in [-0.25, -0.2) is 4.39 Å². The van der Waals surface area contributed by atoms with Crippen LogP contribution in [-0.2, 0) is 12.1 Å². The number of piperidine rings is 1. The summed E-state index contributed by atoms with van der Waals surface area (Å²) >= 11 is 0. The summed E-state index contributed by atoms with van der Waals surface area (Å²) in [4.78, 5) is 2.29. The molecule has 152 valence electrons. The Hall–Kier alpha value is -2.02. The van der Waals surface area contributed by atoms with E-state index in [2.05, 4.69) is 4.90 Å². The predicted octanol–water partition coefficient (Wildman–Crippen LogP) is 3.86. The van der Waals surface area contributed by atoms with Crippen molar-refractivity contribution in [1.29, 1.82) is 0 Å². The van der Waals surface area contributed by atoms with Gasteiger partial charge in [-0.15, -0.1) is 12.4 Å². The summed E-state index contributed by atoms with van der Waals surface area (Å²) in [7, 11) is 0. The topological polar surface area (TPSA) is 51.2 Å². The van der Waals surface area contributed by atoms with Crippen molar-refractivity contribution < 1.29 is 23.7 Å². The third kappa shape index (κ3) is 4.19. The Morgan fingerprint density at radius 2 is 1.75 bits per heavy atom. The lowest BCUT2D eigenvalue weighted by atomic mass is 9.84. The normalized spacial score (nSPS) is 17.8. The van der Waals surface area contributed by atoms with Gasteiger partial charge >= 0.3 is 0 Å². The van der Waals surface area contributed by atoms with Crippen LogP contribution in [0.25, 0.3) is 0 Å². The van der Waals surface area contributed by atoms with Crippen molar-refractivity contribution in [2.24, 2.45) is 0 Å². The van der Waals surface area contributed by atoms with Gasteiger partial charge < -0.3 is 19.3 Å². The molecule has 0 radical (unpaired) electrons. The van der Waals surface area contributed by atoms with E-state index in [0.717, 1.165) is 35.7 Å². The molecule has 2 aromatic rings. The summed E-state index contributed by atoms with van der Waals surface area (Å²) in [5.74, 6) is 1.98. The van der Waals surface area contributed by atoms with E-state index in [1.165, 1.54) is 12.1 Å². The molecular weight excluding hydrogens is 385 g/mol. The molecular formula is C21H25ClFNO4. The first-order valence-corrected chi connectivity index (χ1v) is 9.33. The standard InChI is InChI=1S/C21H24FNO4.ClH/c1-2-25-18-12-20-19(26-14-27-20)11-15(18)13-23-9-7-21(24,8-10-23)16-3-5-17(22)6-4-16;/h3-6,11-12,24H,2,7-10,13-14H2,1H3;1H. The molecule has 0 bridgehead atoms. The zero-order chi connectivity index (χ0) is 18.9. The SMILES string of the molecule is CCOc1cc2c(cc1CN1CCC(O)(c3ccc(F)cc3)CC1)OCO2.Cl. The molecule has 4 rings (SSSR count). The average molecular weight is 410 g/mol. The molecule has 2 aromatic carbocycles. The third-order valence-corrected chi connectivity index (χ3v) is 5.31. The van der Waals surface area contributed by atoms with E-state index in [1.807, 2.05) is 19.1 Å². The van der Waals surface area contributed by atoms with Gasteiger partial charge in [0, 0.05) is 31.3 Å². The molecule has 2 aliphatic rings. The lowest BCUT2D eigenvalue weighted by Gasteiger charge is -2.38. The summed E-state index contributed by atoms with van der Waals surface area (Å²) in [6.07, 6.45) is 1.21. The maximum atomic E-state index is 13.2. The Morgan fingerprint density at radius 3 is 2.39 bits per heavy atom. The van der Waals surface area contributed by atoms with Gasteiger partial charge in [-0.05, 0) is 43.5 Å². The van der Waals surface area contributed by atoms with Gasteiger partial charge in [0.05, 0.1) is 12.2 Å². The van der Waals surface area contributed by atoms with Gasteiger partial charge in [0.1, 0.15) is 11.6 Å². The first-order chi connectivity index (χ1) is 13.1. The van der Waals surface area contributed by atoms with E-state index >= 15 is 0 Å². The van der Waals surface area contributed by atoms with E-state index in [9.17, 15) is 9.50 Å². The number of ether oxygens (including phenoxy) is 3. The number of aliphatic hydroxyl groups is 1. The summed E-state index contributed by atoms with van der Waals surface area (Å²) in [5.41, 5.74) is 0.928. The van der Waals surface area contributed by atoms with Crippen LogP contribution >= 0.6 is 12.4 Å². The van der Waals surface area contributed by atoms with E-state index in [-0.39, 0.29) is 25.0 Å². The molecule has 0 atom stereocenters. The fourth-order valence-electron chi connectivity index (χ4n) is 3.75. The molecule has 0 unspecified atom stereocenters. The van der Waals surface area contributed by atoms with Crippen LogP contribution in [0.1, 0.15) is 30.9 Å². The van der Waals surface area contributed by atoms with Crippen LogP contribution in [0.5, 0.6) is 17.2 Å². The molecule has 0 spiro atoms. The molecule has 28 heavy (non-hydrogen) atoms. The van der Waals surface area contributed by atoms with E-state index < -0.39 is 5.60 Å². The minimum absolute atomic E-state index is 0. The Kier molecular flexibility index (Phi) is 6.33. The lowest BCUT2D eigenvalue weighted by molar-refractivity contribution is -0.0279. The number of benzene rings is 2. The monoisotopic (exact) mass is 409 g/mol. The molecule has 0 saturated carbocycles. The Labute approximate surface area is 170 Å². The molecule has 5 nitrogen and oxygen atoms in total. The highest BCUT2D eigenvalue weighted by atomic mass is 35.5. The maximum Gasteiger partial charge on any atom is 0.231 e. The number of fused-ring (bicyclic) bond motifs is 1. The second-order valence-electron chi connectivity index (χ2n) is 7.06. The average Bonchev–Trinajstić information content (AvgIpc) is 3.12. The molecule has 1 fully saturated rings. The largest absolute Gasteiger partial charge is 0.493 e. The first kappa shape index (κ1) is 20.7. The quantitative estimate of drug-likeness (QED) is 0.812. The highest BCUT2D eigenvalue weighted by Gasteiger charge is 2.34. The Morgan fingerprint density at radius 1 is 1.11 bits per heavy atom. The van der Waals surface area contributed by atoms with Gasteiger partial charge in [-0.1, -0.05) is 12.1 Å². The molecule has 2 aliphatic heterocycles. The second kappa shape index (κ2) is 8.55. The van der Waals surface area contributed by atoms with Gasteiger partial charge in [0.2, 0.25) is 6.79 Å². The van der Waals surface area contributed by atoms with Crippen LogP contribution in [0.4, 0.5) is 4.39 Å². The van der Waals surface area contributed by atoms with Crippen molar-refractivity contribution in [3.05, 3.63) is 53.3 Å². The predicted molar refractivity (Wildman–Crippen MR) is 106 cm³/mol. The number of hydrogen-bond donors (Lipinski definition) is 1. The first-order valence-electron chi connectivity index (χ1n) is 9.33.